The Morgan fingerprint density at radius 3 is 2.47 bits per heavy atom. The molecule has 0 bridgehead atoms. The van der Waals surface area contributed by atoms with E-state index in [4.69, 9.17) is 0 Å². The number of hydrogen-bond donors (Lipinski definition) is 1. The van der Waals surface area contributed by atoms with Crippen LogP contribution >= 0.6 is 0 Å². The summed E-state index contributed by atoms with van der Waals surface area (Å²) in [6.07, 6.45) is 3.05. The third-order valence-electron chi connectivity index (χ3n) is 3.16. The molecule has 0 atom stereocenters. The lowest BCUT2D eigenvalue weighted by molar-refractivity contribution is -0.133. The number of carbonyl (C=O) groups is 1. The molecule has 3 nitrogen and oxygen atoms in total. The predicted molar refractivity (Wildman–Crippen MR) is 62.7 cm³/mol. The molecule has 0 spiro atoms. The fourth-order valence-corrected chi connectivity index (χ4v) is 2.15. The first-order valence-electron chi connectivity index (χ1n) is 6.15. The largest absolute Gasteiger partial charge is 0.340 e. The lowest BCUT2D eigenvalue weighted by Gasteiger charge is -2.32. The zero-order valence-corrected chi connectivity index (χ0v) is 10.3. The van der Waals surface area contributed by atoms with E-state index in [1.165, 1.54) is 12.8 Å². The molecule has 1 aliphatic rings. The number of nitrogens with zero attached hydrogens (tertiary/aromatic N) is 1. The van der Waals surface area contributed by atoms with Gasteiger partial charge in [-0.15, -0.1) is 0 Å². The number of rotatable bonds is 4. The van der Waals surface area contributed by atoms with Gasteiger partial charge in [0.1, 0.15) is 0 Å². The number of hydrogen-bond acceptors (Lipinski definition) is 2. The Hall–Kier alpha value is -0.570. The highest BCUT2D eigenvalue weighted by molar-refractivity contribution is 5.76. The van der Waals surface area contributed by atoms with Crippen molar-refractivity contribution >= 4 is 5.91 Å². The fourth-order valence-electron chi connectivity index (χ4n) is 2.15. The Bertz CT molecular complexity index is 198. The summed E-state index contributed by atoms with van der Waals surface area (Å²) in [5, 5.41) is 3.36. The first kappa shape index (κ1) is 12.5. The van der Waals surface area contributed by atoms with Crippen LogP contribution < -0.4 is 5.32 Å². The van der Waals surface area contributed by atoms with Gasteiger partial charge in [-0.05, 0) is 45.7 Å². The van der Waals surface area contributed by atoms with Crippen LogP contribution in [0.2, 0.25) is 0 Å². The molecule has 0 unspecified atom stereocenters. The van der Waals surface area contributed by atoms with Crippen molar-refractivity contribution in [2.24, 2.45) is 5.92 Å². The third kappa shape index (κ3) is 3.82. The summed E-state index contributed by atoms with van der Waals surface area (Å²) in [6.45, 7) is 9.32. The fraction of sp³-hybridized carbons (Fsp3) is 0.917. The summed E-state index contributed by atoms with van der Waals surface area (Å²) in [5.41, 5.74) is 0. The summed E-state index contributed by atoms with van der Waals surface area (Å²) < 4.78 is 0. The quantitative estimate of drug-likeness (QED) is 0.768. The standard InChI is InChI=1S/C12H24N2O/c1-4-12(15)14(10(2)3)9-11-5-7-13-8-6-11/h10-11,13H,4-9H2,1-3H3. The molecule has 0 aromatic rings. The molecule has 0 aliphatic carbocycles. The molecular formula is C12H24N2O. The maximum Gasteiger partial charge on any atom is 0.222 e. The van der Waals surface area contributed by atoms with Crippen LogP contribution in [-0.2, 0) is 4.79 Å². The van der Waals surface area contributed by atoms with E-state index in [9.17, 15) is 4.79 Å². The Labute approximate surface area is 93.2 Å². The molecule has 1 N–H and O–H groups in total. The number of carbonyl (C=O) groups excluding carboxylic acids is 1. The van der Waals surface area contributed by atoms with Gasteiger partial charge in [-0.1, -0.05) is 6.92 Å². The van der Waals surface area contributed by atoms with Crippen molar-refractivity contribution in [3.05, 3.63) is 0 Å². The average Bonchev–Trinajstić information content (AvgIpc) is 2.26. The Morgan fingerprint density at radius 1 is 1.40 bits per heavy atom. The lowest BCUT2D eigenvalue weighted by Crippen LogP contribution is -2.42. The molecule has 0 aromatic heterocycles. The van der Waals surface area contributed by atoms with E-state index in [-0.39, 0.29) is 0 Å². The molecule has 0 saturated carbocycles. The Balaban J connectivity index is 2.46. The molecular weight excluding hydrogens is 188 g/mol. The van der Waals surface area contributed by atoms with Crippen molar-refractivity contribution < 1.29 is 4.79 Å². The summed E-state index contributed by atoms with van der Waals surface area (Å²) in [5.74, 6) is 0.993. The van der Waals surface area contributed by atoms with Crippen LogP contribution in [0.3, 0.4) is 0 Å². The van der Waals surface area contributed by atoms with Crippen LogP contribution in [0.15, 0.2) is 0 Å². The highest BCUT2D eigenvalue weighted by Crippen LogP contribution is 2.15. The zero-order chi connectivity index (χ0) is 11.3. The van der Waals surface area contributed by atoms with Crippen molar-refractivity contribution in [2.45, 2.75) is 46.1 Å². The van der Waals surface area contributed by atoms with E-state index in [1.54, 1.807) is 0 Å². The van der Waals surface area contributed by atoms with Gasteiger partial charge in [0.05, 0.1) is 0 Å². The highest BCUT2D eigenvalue weighted by Gasteiger charge is 2.21. The van der Waals surface area contributed by atoms with Gasteiger partial charge in [-0.2, -0.15) is 0 Å². The molecule has 0 radical (unpaired) electrons. The maximum absolute atomic E-state index is 11.7. The van der Waals surface area contributed by atoms with Crippen molar-refractivity contribution in [1.29, 1.82) is 0 Å². The number of nitrogens with one attached hydrogen (secondary N) is 1. The van der Waals surface area contributed by atoms with Crippen molar-refractivity contribution in [1.82, 2.24) is 10.2 Å². The van der Waals surface area contributed by atoms with Crippen molar-refractivity contribution in [2.75, 3.05) is 19.6 Å². The third-order valence-corrected chi connectivity index (χ3v) is 3.16. The molecule has 3 heteroatoms. The topological polar surface area (TPSA) is 32.3 Å². The maximum atomic E-state index is 11.7. The van der Waals surface area contributed by atoms with E-state index < -0.39 is 0 Å². The molecule has 1 saturated heterocycles. The van der Waals surface area contributed by atoms with Gasteiger partial charge in [0.2, 0.25) is 5.91 Å². The first-order chi connectivity index (χ1) is 7.15. The van der Waals surface area contributed by atoms with Gasteiger partial charge in [0, 0.05) is 19.0 Å². The van der Waals surface area contributed by atoms with Crippen LogP contribution in [0.25, 0.3) is 0 Å². The van der Waals surface area contributed by atoms with Crippen LogP contribution in [0.5, 0.6) is 0 Å². The normalized spacial score (nSPS) is 18.1. The molecule has 0 aromatic carbocycles. The van der Waals surface area contributed by atoms with Gasteiger partial charge in [-0.3, -0.25) is 4.79 Å². The lowest BCUT2D eigenvalue weighted by atomic mass is 9.97. The molecule has 1 heterocycles. The monoisotopic (exact) mass is 212 g/mol. The summed E-state index contributed by atoms with van der Waals surface area (Å²) >= 11 is 0. The van der Waals surface area contributed by atoms with E-state index in [2.05, 4.69) is 19.2 Å². The summed E-state index contributed by atoms with van der Waals surface area (Å²) in [4.78, 5) is 13.8. The van der Waals surface area contributed by atoms with Crippen LogP contribution in [0, 0.1) is 5.92 Å². The van der Waals surface area contributed by atoms with Crippen LogP contribution in [0.1, 0.15) is 40.0 Å². The molecule has 1 fully saturated rings. The van der Waals surface area contributed by atoms with Crippen LogP contribution in [0.4, 0.5) is 0 Å². The van der Waals surface area contributed by atoms with Gasteiger partial charge >= 0.3 is 0 Å². The molecule has 15 heavy (non-hydrogen) atoms. The molecule has 1 aliphatic heterocycles. The number of piperidine rings is 1. The Morgan fingerprint density at radius 2 is 2.00 bits per heavy atom. The highest BCUT2D eigenvalue weighted by atomic mass is 16.2. The zero-order valence-electron chi connectivity index (χ0n) is 10.3. The van der Waals surface area contributed by atoms with Crippen molar-refractivity contribution in [3.63, 3.8) is 0 Å². The summed E-state index contributed by atoms with van der Waals surface area (Å²) in [7, 11) is 0. The molecule has 1 amide bonds. The van der Waals surface area contributed by atoms with E-state index >= 15 is 0 Å². The van der Waals surface area contributed by atoms with Gasteiger partial charge < -0.3 is 10.2 Å². The second-order valence-corrected chi connectivity index (χ2v) is 4.69. The molecule has 1 rings (SSSR count). The van der Waals surface area contributed by atoms with Gasteiger partial charge in [0.25, 0.3) is 0 Å². The SMILES string of the molecule is CCC(=O)N(CC1CCNCC1)C(C)C. The second-order valence-electron chi connectivity index (χ2n) is 4.69. The number of amides is 1. The van der Waals surface area contributed by atoms with E-state index in [0.717, 1.165) is 19.6 Å². The first-order valence-corrected chi connectivity index (χ1v) is 6.15. The minimum atomic E-state index is 0.295. The smallest absolute Gasteiger partial charge is 0.222 e. The van der Waals surface area contributed by atoms with E-state index in [0.29, 0.717) is 24.3 Å². The Kier molecular flexibility index (Phi) is 5.09. The van der Waals surface area contributed by atoms with Crippen molar-refractivity contribution in [3.8, 4) is 0 Å². The van der Waals surface area contributed by atoms with E-state index in [1.807, 2.05) is 11.8 Å². The summed E-state index contributed by atoms with van der Waals surface area (Å²) in [6, 6.07) is 0.340. The minimum Gasteiger partial charge on any atom is -0.340 e. The molecule has 88 valence electrons. The average molecular weight is 212 g/mol. The second kappa shape index (κ2) is 6.11. The van der Waals surface area contributed by atoms with Gasteiger partial charge in [-0.25, -0.2) is 0 Å². The minimum absolute atomic E-state index is 0.295. The van der Waals surface area contributed by atoms with Crippen LogP contribution in [-0.4, -0.2) is 36.5 Å². The predicted octanol–water partition coefficient (Wildman–Crippen LogP) is 1.63. The van der Waals surface area contributed by atoms with Gasteiger partial charge in [0.15, 0.2) is 0 Å².